The standard InChI is InChI=1S/C13H15N3/c14-12(9-3-1-4-9)10-5-2-6-11-13(10)16-8-7-15-11/h2,5-9,12H,1,3-4,14H2. The van der Waals surface area contributed by atoms with Crippen LogP contribution in [0.4, 0.5) is 0 Å². The van der Waals surface area contributed by atoms with E-state index in [0.29, 0.717) is 5.92 Å². The highest BCUT2D eigenvalue weighted by Gasteiger charge is 2.26. The molecule has 82 valence electrons. The van der Waals surface area contributed by atoms with Crippen molar-refractivity contribution >= 4 is 11.0 Å². The van der Waals surface area contributed by atoms with Crippen LogP contribution < -0.4 is 5.73 Å². The molecule has 0 saturated heterocycles. The van der Waals surface area contributed by atoms with Gasteiger partial charge in [-0.25, -0.2) is 0 Å². The van der Waals surface area contributed by atoms with Crippen molar-refractivity contribution in [3.63, 3.8) is 0 Å². The third-order valence-electron chi connectivity index (χ3n) is 3.55. The van der Waals surface area contributed by atoms with E-state index in [1.807, 2.05) is 12.1 Å². The van der Waals surface area contributed by atoms with Crippen LogP contribution in [0.2, 0.25) is 0 Å². The summed E-state index contributed by atoms with van der Waals surface area (Å²) in [5.74, 6) is 0.632. The first kappa shape index (κ1) is 9.73. The first-order chi connectivity index (χ1) is 7.86. The molecule has 0 bridgehead atoms. The van der Waals surface area contributed by atoms with Gasteiger partial charge in [0.1, 0.15) is 0 Å². The summed E-state index contributed by atoms with van der Waals surface area (Å²) < 4.78 is 0. The molecular weight excluding hydrogens is 198 g/mol. The van der Waals surface area contributed by atoms with E-state index in [4.69, 9.17) is 5.73 Å². The summed E-state index contributed by atoms with van der Waals surface area (Å²) >= 11 is 0. The minimum absolute atomic E-state index is 0.120. The Morgan fingerprint density at radius 1 is 1.19 bits per heavy atom. The van der Waals surface area contributed by atoms with Crippen molar-refractivity contribution in [2.75, 3.05) is 0 Å². The predicted octanol–water partition coefficient (Wildman–Crippen LogP) is 2.43. The van der Waals surface area contributed by atoms with Gasteiger partial charge in [0.15, 0.2) is 0 Å². The molecule has 1 aliphatic rings. The fourth-order valence-electron chi connectivity index (χ4n) is 2.34. The normalized spacial score (nSPS) is 18.3. The number of nitrogens with two attached hydrogens (primary N) is 1. The monoisotopic (exact) mass is 213 g/mol. The number of para-hydroxylation sites is 1. The number of hydrogen-bond acceptors (Lipinski definition) is 3. The van der Waals surface area contributed by atoms with Crippen molar-refractivity contribution in [3.8, 4) is 0 Å². The molecule has 2 N–H and O–H groups in total. The fourth-order valence-corrected chi connectivity index (χ4v) is 2.34. The zero-order chi connectivity index (χ0) is 11.0. The highest BCUT2D eigenvalue weighted by atomic mass is 14.8. The minimum Gasteiger partial charge on any atom is -0.324 e. The van der Waals surface area contributed by atoms with Crippen LogP contribution in [0.5, 0.6) is 0 Å². The van der Waals surface area contributed by atoms with Crippen LogP contribution in [0.15, 0.2) is 30.6 Å². The Morgan fingerprint density at radius 3 is 2.75 bits per heavy atom. The molecule has 0 aliphatic heterocycles. The van der Waals surface area contributed by atoms with Gasteiger partial charge in [-0.2, -0.15) is 0 Å². The molecule has 3 rings (SSSR count). The van der Waals surface area contributed by atoms with E-state index >= 15 is 0 Å². The van der Waals surface area contributed by atoms with E-state index < -0.39 is 0 Å². The van der Waals surface area contributed by atoms with Crippen molar-refractivity contribution in [3.05, 3.63) is 36.2 Å². The summed E-state index contributed by atoms with van der Waals surface area (Å²) in [4.78, 5) is 8.71. The molecule has 1 unspecified atom stereocenters. The molecule has 1 aromatic carbocycles. The zero-order valence-electron chi connectivity index (χ0n) is 9.13. The topological polar surface area (TPSA) is 51.8 Å². The van der Waals surface area contributed by atoms with Crippen molar-refractivity contribution in [1.82, 2.24) is 9.97 Å². The molecule has 1 saturated carbocycles. The van der Waals surface area contributed by atoms with Crippen molar-refractivity contribution in [1.29, 1.82) is 0 Å². The van der Waals surface area contributed by atoms with E-state index in [1.165, 1.54) is 19.3 Å². The summed E-state index contributed by atoms with van der Waals surface area (Å²) in [6.07, 6.45) is 7.27. The number of hydrogen-bond donors (Lipinski definition) is 1. The smallest absolute Gasteiger partial charge is 0.0934 e. The minimum atomic E-state index is 0.120. The average Bonchev–Trinajstić information content (AvgIpc) is 2.26. The summed E-state index contributed by atoms with van der Waals surface area (Å²) in [6, 6.07) is 6.21. The van der Waals surface area contributed by atoms with E-state index in [2.05, 4.69) is 16.0 Å². The maximum atomic E-state index is 6.30. The van der Waals surface area contributed by atoms with E-state index in [0.717, 1.165) is 16.6 Å². The van der Waals surface area contributed by atoms with Crippen LogP contribution in [-0.4, -0.2) is 9.97 Å². The lowest BCUT2D eigenvalue weighted by Crippen LogP contribution is -2.27. The van der Waals surface area contributed by atoms with Crippen LogP contribution in [0, 0.1) is 5.92 Å². The van der Waals surface area contributed by atoms with Crippen LogP contribution in [-0.2, 0) is 0 Å². The molecule has 2 aromatic rings. The van der Waals surface area contributed by atoms with Gasteiger partial charge in [-0.3, -0.25) is 9.97 Å². The summed E-state index contributed by atoms with van der Waals surface area (Å²) in [7, 11) is 0. The van der Waals surface area contributed by atoms with Crippen molar-refractivity contribution in [2.24, 2.45) is 11.7 Å². The fraction of sp³-hybridized carbons (Fsp3) is 0.385. The molecular formula is C13H15N3. The Bertz CT molecular complexity index is 500. The maximum Gasteiger partial charge on any atom is 0.0934 e. The van der Waals surface area contributed by atoms with Gasteiger partial charge in [0, 0.05) is 18.4 Å². The number of fused-ring (bicyclic) bond motifs is 1. The van der Waals surface area contributed by atoms with Gasteiger partial charge in [0.25, 0.3) is 0 Å². The molecule has 1 aromatic heterocycles. The predicted molar refractivity (Wildman–Crippen MR) is 63.8 cm³/mol. The molecule has 0 spiro atoms. The highest BCUT2D eigenvalue weighted by molar-refractivity contribution is 5.78. The molecule has 3 nitrogen and oxygen atoms in total. The van der Waals surface area contributed by atoms with Crippen molar-refractivity contribution in [2.45, 2.75) is 25.3 Å². The summed E-state index contributed by atoms with van der Waals surface area (Å²) in [6.45, 7) is 0. The van der Waals surface area contributed by atoms with Gasteiger partial charge < -0.3 is 5.73 Å². The molecule has 1 aliphatic carbocycles. The lowest BCUT2D eigenvalue weighted by molar-refractivity contribution is 0.265. The number of aromatic nitrogens is 2. The van der Waals surface area contributed by atoms with Gasteiger partial charge in [-0.1, -0.05) is 18.6 Å². The first-order valence-electron chi connectivity index (χ1n) is 5.81. The molecule has 16 heavy (non-hydrogen) atoms. The quantitative estimate of drug-likeness (QED) is 0.833. The number of nitrogens with zero attached hydrogens (tertiary/aromatic N) is 2. The van der Waals surface area contributed by atoms with E-state index in [-0.39, 0.29) is 6.04 Å². The largest absolute Gasteiger partial charge is 0.324 e. The summed E-state index contributed by atoms with van der Waals surface area (Å²) in [5, 5.41) is 0. The molecule has 1 fully saturated rings. The van der Waals surface area contributed by atoms with Gasteiger partial charge >= 0.3 is 0 Å². The van der Waals surface area contributed by atoms with Gasteiger partial charge in [0.05, 0.1) is 11.0 Å². The number of benzene rings is 1. The van der Waals surface area contributed by atoms with Crippen LogP contribution in [0.25, 0.3) is 11.0 Å². The zero-order valence-corrected chi connectivity index (χ0v) is 9.13. The Kier molecular flexibility index (Phi) is 2.33. The lowest BCUT2D eigenvalue weighted by atomic mass is 9.77. The summed E-state index contributed by atoms with van der Waals surface area (Å²) in [5.41, 5.74) is 9.35. The van der Waals surface area contributed by atoms with Gasteiger partial charge in [-0.15, -0.1) is 0 Å². The third kappa shape index (κ3) is 1.48. The van der Waals surface area contributed by atoms with Crippen LogP contribution in [0.3, 0.4) is 0 Å². The lowest BCUT2D eigenvalue weighted by Gasteiger charge is -2.31. The Labute approximate surface area is 94.7 Å². The first-order valence-corrected chi connectivity index (χ1v) is 5.81. The maximum absolute atomic E-state index is 6.30. The number of rotatable bonds is 2. The second-order valence-corrected chi connectivity index (χ2v) is 4.49. The molecule has 1 heterocycles. The average molecular weight is 213 g/mol. The molecule has 1 atom stereocenters. The van der Waals surface area contributed by atoms with Gasteiger partial charge in [0.2, 0.25) is 0 Å². The molecule has 3 heteroatoms. The third-order valence-corrected chi connectivity index (χ3v) is 3.55. The Hall–Kier alpha value is -1.48. The van der Waals surface area contributed by atoms with Crippen molar-refractivity contribution < 1.29 is 0 Å². The molecule has 0 radical (unpaired) electrons. The Balaban J connectivity index is 2.08. The SMILES string of the molecule is NC(c1cccc2nccnc12)C1CCC1. The van der Waals surface area contributed by atoms with E-state index in [1.54, 1.807) is 12.4 Å². The second kappa shape index (κ2) is 3.83. The molecule has 0 amide bonds. The van der Waals surface area contributed by atoms with E-state index in [9.17, 15) is 0 Å². The highest BCUT2D eigenvalue weighted by Crippen LogP contribution is 2.37. The van der Waals surface area contributed by atoms with Crippen LogP contribution in [0.1, 0.15) is 30.9 Å². The van der Waals surface area contributed by atoms with Crippen LogP contribution >= 0.6 is 0 Å². The van der Waals surface area contributed by atoms with Gasteiger partial charge in [-0.05, 0) is 30.4 Å². The second-order valence-electron chi connectivity index (χ2n) is 4.49. The Morgan fingerprint density at radius 2 is 2.00 bits per heavy atom.